The van der Waals surface area contributed by atoms with Crippen LogP contribution < -0.4 is 5.32 Å². The van der Waals surface area contributed by atoms with E-state index in [0.29, 0.717) is 5.69 Å². The first-order valence-electron chi connectivity index (χ1n) is 6.69. The summed E-state index contributed by atoms with van der Waals surface area (Å²) < 4.78 is 1.62. The molecule has 0 aliphatic rings. The van der Waals surface area contributed by atoms with Crippen LogP contribution in [0, 0.1) is 0 Å². The van der Waals surface area contributed by atoms with E-state index in [1.54, 1.807) is 42.1 Å². The molecule has 22 heavy (non-hydrogen) atoms. The molecule has 7 nitrogen and oxygen atoms in total. The van der Waals surface area contributed by atoms with E-state index in [9.17, 15) is 14.4 Å². The Kier molecular flexibility index (Phi) is 4.45. The first-order chi connectivity index (χ1) is 10.4. The summed E-state index contributed by atoms with van der Waals surface area (Å²) >= 11 is 0. The lowest BCUT2D eigenvalue weighted by atomic mass is 10.2. The fourth-order valence-electron chi connectivity index (χ4n) is 2.09. The molecule has 0 unspecified atom stereocenters. The minimum absolute atomic E-state index is 0.0204. The quantitative estimate of drug-likeness (QED) is 0.866. The number of nitrogens with one attached hydrogen (secondary N) is 1. The van der Waals surface area contributed by atoms with Gasteiger partial charge in [0.1, 0.15) is 6.54 Å². The van der Waals surface area contributed by atoms with Gasteiger partial charge in [0.05, 0.1) is 6.54 Å². The second kappa shape index (κ2) is 6.30. The van der Waals surface area contributed by atoms with Crippen molar-refractivity contribution in [1.29, 1.82) is 0 Å². The molecule has 2 rings (SSSR count). The highest BCUT2D eigenvalue weighted by Crippen LogP contribution is 2.20. The van der Waals surface area contributed by atoms with Crippen LogP contribution in [0.25, 0.3) is 10.9 Å². The predicted molar refractivity (Wildman–Crippen MR) is 81.5 cm³/mol. The Bertz CT molecular complexity index is 735. The number of carboxylic acid groups (broad SMARTS) is 1. The maximum atomic E-state index is 11.8. The molecule has 2 amide bonds. The maximum absolute atomic E-state index is 11.8. The Balaban J connectivity index is 2.12. The number of hydrogen-bond acceptors (Lipinski definition) is 3. The maximum Gasteiger partial charge on any atom is 0.323 e. The first kappa shape index (κ1) is 15.6. The van der Waals surface area contributed by atoms with Gasteiger partial charge in [-0.1, -0.05) is 0 Å². The van der Waals surface area contributed by atoms with Crippen LogP contribution in [0.5, 0.6) is 0 Å². The number of likely N-dealkylation sites (N-methyl/N-ethyl adjacent to an activating group) is 1. The van der Waals surface area contributed by atoms with Crippen LogP contribution in [0.4, 0.5) is 5.69 Å². The highest BCUT2D eigenvalue weighted by atomic mass is 16.4. The molecule has 7 heteroatoms. The molecule has 0 radical (unpaired) electrons. The summed E-state index contributed by atoms with van der Waals surface area (Å²) in [5.74, 6) is -1.39. The van der Waals surface area contributed by atoms with Gasteiger partial charge in [0, 0.05) is 36.8 Å². The van der Waals surface area contributed by atoms with Crippen LogP contribution in [0.3, 0.4) is 0 Å². The number of benzene rings is 1. The van der Waals surface area contributed by atoms with Gasteiger partial charge < -0.3 is 19.9 Å². The third-order valence-corrected chi connectivity index (χ3v) is 3.28. The lowest BCUT2D eigenvalue weighted by Gasteiger charge is -2.14. The van der Waals surface area contributed by atoms with Crippen LogP contribution in [0.2, 0.25) is 0 Å². The van der Waals surface area contributed by atoms with E-state index < -0.39 is 5.97 Å². The van der Waals surface area contributed by atoms with Gasteiger partial charge in [0.2, 0.25) is 11.8 Å². The lowest BCUT2D eigenvalue weighted by Crippen LogP contribution is -2.33. The van der Waals surface area contributed by atoms with Crippen molar-refractivity contribution in [2.75, 3.05) is 18.9 Å². The molecule has 0 saturated heterocycles. The van der Waals surface area contributed by atoms with Crippen molar-refractivity contribution in [1.82, 2.24) is 9.47 Å². The van der Waals surface area contributed by atoms with Crippen molar-refractivity contribution in [2.24, 2.45) is 0 Å². The van der Waals surface area contributed by atoms with Crippen LogP contribution in [0.15, 0.2) is 30.5 Å². The average molecular weight is 303 g/mol. The average Bonchev–Trinajstić information content (AvgIpc) is 2.80. The van der Waals surface area contributed by atoms with Crippen LogP contribution in [0.1, 0.15) is 6.92 Å². The number of anilines is 1. The first-order valence-corrected chi connectivity index (χ1v) is 6.69. The second-order valence-corrected chi connectivity index (χ2v) is 5.03. The summed E-state index contributed by atoms with van der Waals surface area (Å²) in [4.78, 5) is 35.0. The molecule has 2 aromatic rings. The minimum atomic E-state index is -0.915. The number of aliphatic carboxylic acids is 1. The number of rotatable bonds is 5. The Labute approximate surface area is 127 Å². The van der Waals surface area contributed by atoms with Gasteiger partial charge in [-0.15, -0.1) is 0 Å². The van der Waals surface area contributed by atoms with E-state index >= 15 is 0 Å². The summed E-state index contributed by atoms with van der Waals surface area (Å²) in [6, 6.07) is 7.00. The fourth-order valence-corrected chi connectivity index (χ4v) is 2.09. The largest absolute Gasteiger partial charge is 0.480 e. The van der Waals surface area contributed by atoms with E-state index in [4.69, 9.17) is 5.11 Å². The smallest absolute Gasteiger partial charge is 0.323 e. The van der Waals surface area contributed by atoms with Crippen LogP contribution >= 0.6 is 0 Å². The predicted octanol–water partition coefficient (Wildman–Crippen LogP) is 1.14. The van der Waals surface area contributed by atoms with Gasteiger partial charge in [-0.05, 0) is 24.3 Å². The Morgan fingerprint density at radius 3 is 2.64 bits per heavy atom. The summed E-state index contributed by atoms with van der Waals surface area (Å²) in [7, 11) is 1.55. The topological polar surface area (TPSA) is 91.6 Å². The van der Waals surface area contributed by atoms with Gasteiger partial charge >= 0.3 is 5.97 Å². The molecule has 0 saturated carbocycles. The number of aromatic nitrogens is 1. The molecule has 2 N–H and O–H groups in total. The third-order valence-electron chi connectivity index (χ3n) is 3.28. The summed E-state index contributed by atoms with van der Waals surface area (Å²) in [5, 5.41) is 12.4. The molecule has 0 aliphatic carbocycles. The normalized spacial score (nSPS) is 10.5. The zero-order chi connectivity index (χ0) is 16.3. The Morgan fingerprint density at radius 1 is 1.27 bits per heavy atom. The number of carboxylic acids is 1. The minimum Gasteiger partial charge on any atom is -0.480 e. The number of hydrogen-bond donors (Lipinski definition) is 2. The standard InChI is InChI=1S/C15H17N3O4/c1-10(19)17(2)8-14(20)16-12-3-4-13-11(7-12)5-6-18(13)9-15(21)22/h3-7H,8-9H2,1-2H3,(H,16,20)(H,21,22). The van der Waals surface area contributed by atoms with Gasteiger partial charge in [0.15, 0.2) is 0 Å². The van der Waals surface area contributed by atoms with E-state index in [0.717, 1.165) is 10.9 Å². The zero-order valence-corrected chi connectivity index (χ0v) is 12.4. The molecule has 1 heterocycles. The van der Waals surface area contributed by atoms with Gasteiger partial charge in [-0.25, -0.2) is 0 Å². The van der Waals surface area contributed by atoms with Crippen molar-refractivity contribution in [2.45, 2.75) is 13.5 Å². The van der Waals surface area contributed by atoms with Gasteiger partial charge in [0.25, 0.3) is 0 Å². The van der Waals surface area contributed by atoms with Crippen LogP contribution in [-0.2, 0) is 20.9 Å². The molecule has 1 aromatic carbocycles. The van der Waals surface area contributed by atoms with E-state index in [2.05, 4.69) is 5.32 Å². The molecule has 1 aromatic heterocycles. The number of carbonyl (C=O) groups is 3. The summed E-state index contributed by atoms with van der Waals surface area (Å²) in [6.45, 7) is 1.26. The Hall–Kier alpha value is -2.83. The molecule has 0 bridgehead atoms. The van der Waals surface area contributed by atoms with E-state index in [1.165, 1.54) is 11.8 Å². The van der Waals surface area contributed by atoms with Crippen molar-refractivity contribution in [3.8, 4) is 0 Å². The van der Waals surface area contributed by atoms with Crippen molar-refractivity contribution < 1.29 is 19.5 Å². The zero-order valence-electron chi connectivity index (χ0n) is 12.4. The lowest BCUT2D eigenvalue weighted by molar-refractivity contribution is -0.137. The van der Waals surface area contributed by atoms with Crippen molar-refractivity contribution in [3.63, 3.8) is 0 Å². The number of carbonyl (C=O) groups excluding carboxylic acids is 2. The van der Waals surface area contributed by atoms with E-state index in [1.807, 2.05) is 0 Å². The van der Waals surface area contributed by atoms with Gasteiger partial charge in [-0.3, -0.25) is 14.4 Å². The summed E-state index contributed by atoms with van der Waals surface area (Å²) in [6.07, 6.45) is 1.69. The molecule has 0 fully saturated rings. The number of nitrogens with zero attached hydrogens (tertiary/aromatic N) is 2. The monoisotopic (exact) mass is 303 g/mol. The SMILES string of the molecule is CC(=O)N(C)CC(=O)Nc1ccc2c(ccn2CC(=O)O)c1. The number of fused-ring (bicyclic) bond motifs is 1. The number of amides is 2. The summed E-state index contributed by atoms with van der Waals surface area (Å²) in [5.41, 5.74) is 1.38. The van der Waals surface area contributed by atoms with Gasteiger partial charge in [-0.2, -0.15) is 0 Å². The van der Waals surface area contributed by atoms with Crippen LogP contribution in [-0.4, -0.2) is 45.9 Å². The van der Waals surface area contributed by atoms with E-state index in [-0.39, 0.29) is 24.9 Å². The van der Waals surface area contributed by atoms with Crippen molar-refractivity contribution >= 4 is 34.4 Å². The van der Waals surface area contributed by atoms with Crippen molar-refractivity contribution in [3.05, 3.63) is 30.5 Å². The highest BCUT2D eigenvalue weighted by molar-refractivity contribution is 5.96. The highest BCUT2D eigenvalue weighted by Gasteiger charge is 2.10. The molecular formula is C15H17N3O4. The molecule has 0 atom stereocenters. The molecular weight excluding hydrogens is 286 g/mol. The Morgan fingerprint density at radius 2 is 2.00 bits per heavy atom. The fraction of sp³-hybridized carbons (Fsp3) is 0.267. The molecule has 0 aliphatic heterocycles. The third kappa shape index (κ3) is 3.63. The second-order valence-electron chi connectivity index (χ2n) is 5.03. The molecule has 0 spiro atoms. The molecule has 116 valence electrons.